The molecule has 0 radical (unpaired) electrons. The van der Waals surface area contributed by atoms with E-state index < -0.39 is 11.7 Å². The third-order valence-corrected chi connectivity index (χ3v) is 6.07. The SMILES string of the molecule is CC(C)(C)c1cc(NC(=O)C(=O)c2ccc(Nc3ccnc(N4CCOCC4)n3)c3ccccc23)no1. The second kappa shape index (κ2) is 9.98. The van der Waals surface area contributed by atoms with Crippen LogP contribution in [0.15, 0.2) is 59.3 Å². The normalized spacial score (nSPS) is 14.0. The number of benzene rings is 2. The van der Waals surface area contributed by atoms with Gasteiger partial charge in [0.25, 0.3) is 11.7 Å². The molecule has 3 heterocycles. The van der Waals surface area contributed by atoms with Crippen LogP contribution in [-0.2, 0) is 14.9 Å². The minimum absolute atomic E-state index is 0.200. The second-order valence-electron chi connectivity index (χ2n) is 9.78. The number of fused-ring (bicyclic) bond motifs is 1. The van der Waals surface area contributed by atoms with Gasteiger partial charge < -0.3 is 24.8 Å². The number of morpholine rings is 1. The summed E-state index contributed by atoms with van der Waals surface area (Å²) in [5.41, 5.74) is 0.770. The standard InChI is InChI=1S/C27H28N6O4/c1-27(2,3)21-16-23(32-37-21)30-25(35)24(34)19-8-9-20(18-7-5-4-6-17(18)19)29-22-10-11-28-26(31-22)33-12-14-36-15-13-33/h4-11,16H,12-15H2,1-3H3,(H,28,29,31)(H,30,32,35). The van der Waals surface area contributed by atoms with Crippen molar-refractivity contribution in [3.8, 4) is 0 Å². The Morgan fingerprint density at radius 2 is 1.73 bits per heavy atom. The van der Waals surface area contributed by atoms with Crippen LogP contribution >= 0.6 is 0 Å². The maximum atomic E-state index is 13.1. The van der Waals surface area contributed by atoms with Crippen molar-refractivity contribution in [3.63, 3.8) is 0 Å². The molecule has 37 heavy (non-hydrogen) atoms. The van der Waals surface area contributed by atoms with Crippen LogP contribution in [0.1, 0.15) is 36.9 Å². The number of carbonyl (C=O) groups excluding carboxylic acids is 2. The predicted molar refractivity (Wildman–Crippen MR) is 140 cm³/mol. The summed E-state index contributed by atoms with van der Waals surface area (Å²) in [5, 5.41) is 11.2. The van der Waals surface area contributed by atoms with Gasteiger partial charge in [0, 0.05) is 47.4 Å². The summed E-state index contributed by atoms with van der Waals surface area (Å²) in [4.78, 5) is 37.0. The van der Waals surface area contributed by atoms with Crippen LogP contribution in [0.25, 0.3) is 10.8 Å². The Hall–Kier alpha value is -4.31. The van der Waals surface area contributed by atoms with Crippen LogP contribution in [0.2, 0.25) is 0 Å². The number of amides is 1. The number of anilines is 4. The molecule has 1 saturated heterocycles. The number of nitrogens with zero attached hydrogens (tertiary/aromatic N) is 4. The Kier molecular flexibility index (Phi) is 6.58. The fourth-order valence-corrected chi connectivity index (χ4v) is 4.06. The molecule has 0 atom stereocenters. The van der Waals surface area contributed by atoms with Gasteiger partial charge in [-0.1, -0.05) is 50.2 Å². The summed E-state index contributed by atoms with van der Waals surface area (Å²) >= 11 is 0. The average molecular weight is 501 g/mol. The molecule has 1 amide bonds. The van der Waals surface area contributed by atoms with Gasteiger partial charge in [-0.05, 0) is 23.6 Å². The van der Waals surface area contributed by atoms with Crippen molar-refractivity contribution in [1.82, 2.24) is 15.1 Å². The van der Waals surface area contributed by atoms with Crippen molar-refractivity contribution in [2.75, 3.05) is 41.8 Å². The van der Waals surface area contributed by atoms with E-state index >= 15 is 0 Å². The molecule has 1 fully saturated rings. The Bertz CT molecular complexity index is 1450. The Morgan fingerprint density at radius 1 is 0.973 bits per heavy atom. The average Bonchev–Trinajstić information content (AvgIpc) is 3.38. The summed E-state index contributed by atoms with van der Waals surface area (Å²) in [6.07, 6.45) is 1.71. The van der Waals surface area contributed by atoms with E-state index in [1.165, 1.54) is 0 Å². The van der Waals surface area contributed by atoms with E-state index in [9.17, 15) is 9.59 Å². The van der Waals surface area contributed by atoms with Crippen molar-refractivity contribution in [1.29, 1.82) is 0 Å². The number of rotatable bonds is 6. The highest BCUT2D eigenvalue weighted by atomic mass is 16.5. The van der Waals surface area contributed by atoms with Gasteiger partial charge >= 0.3 is 0 Å². The molecule has 2 aromatic heterocycles. The van der Waals surface area contributed by atoms with Gasteiger partial charge in [0.2, 0.25) is 5.95 Å². The third-order valence-electron chi connectivity index (χ3n) is 6.07. The maximum absolute atomic E-state index is 13.1. The van der Waals surface area contributed by atoms with Crippen LogP contribution < -0.4 is 15.5 Å². The molecule has 0 aliphatic carbocycles. The van der Waals surface area contributed by atoms with Gasteiger partial charge in [-0.15, -0.1) is 0 Å². The highest BCUT2D eigenvalue weighted by Gasteiger charge is 2.24. The number of nitrogens with one attached hydrogen (secondary N) is 2. The minimum atomic E-state index is -0.787. The summed E-state index contributed by atoms with van der Waals surface area (Å²) < 4.78 is 10.7. The molecule has 5 rings (SSSR count). The van der Waals surface area contributed by atoms with E-state index in [0.717, 1.165) is 24.2 Å². The molecule has 1 aliphatic heterocycles. The maximum Gasteiger partial charge on any atom is 0.298 e. The predicted octanol–water partition coefficient (Wildman–Crippen LogP) is 4.32. The number of ether oxygens (including phenoxy) is 1. The molecule has 10 heteroatoms. The van der Waals surface area contributed by atoms with Gasteiger partial charge in [-0.3, -0.25) is 9.59 Å². The van der Waals surface area contributed by atoms with Crippen LogP contribution in [-0.4, -0.2) is 53.1 Å². The van der Waals surface area contributed by atoms with E-state index in [1.807, 2.05) is 45.0 Å². The van der Waals surface area contributed by atoms with Gasteiger partial charge in [0.15, 0.2) is 5.82 Å². The molecule has 0 spiro atoms. The van der Waals surface area contributed by atoms with Gasteiger partial charge in [-0.2, -0.15) is 4.98 Å². The lowest BCUT2D eigenvalue weighted by molar-refractivity contribution is -0.112. The molecule has 0 unspecified atom stereocenters. The lowest BCUT2D eigenvalue weighted by atomic mass is 9.93. The van der Waals surface area contributed by atoms with E-state index in [-0.39, 0.29) is 16.8 Å². The quantitative estimate of drug-likeness (QED) is 0.294. The summed E-state index contributed by atoms with van der Waals surface area (Å²) in [5.74, 6) is 0.608. The number of Topliss-reactive ketones (excluding diaryl/α,β-unsaturated/α-hetero) is 1. The van der Waals surface area contributed by atoms with E-state index in [2.05, 4.69) is 30.7 Å². The molecular weight excluding hydrogens is 472 g/mol. The van der Waals surface area contributed by atoms with Crippen molar-refractivity contribution in [2.45, 2.75) is 26.2 Å². The molecule has 0 bridgehead atoms. The monoisotopic (exact) mass is 500 g/mol. The highest BCUT2D eigenvalue weighted by molar-refractivity contribution is 6.48. The first-order chi connectivity index (χ1) is 17.8. The lowest BCUT2D eigenvalue weighted by Crippen LogP contribution is -2.37. The first-order valence-electron chi connectivity index (χ1n) is 12.1. The van der Waals surface area contributed by atoms with Crippen molar-refractivity contribution >= 4 is 45.7 Å². The van der Waals surface area contributed by atoms with Gasteiger partial charge in [0.05, 0.1) is 13.2 Å². The molecule has 10 nitrogen and oxygen atoms in total. The number of aromatic nitrogens is 3. The minimum Gasteiger partial charge on any atom is -0.378 e. The van der Waals surface area contributed by atoms with E-state index in [1.54, 1.807) is 30.5 Å². The largest absolute Gasteiger partial charge is 0.378 e. The zero-order valence-corrected chi connectivity index (χ0v) is 20.9. The zero-order chi connectivity index (χ0) is 26.0. The second-order valence-corrected chi connectivity index (χ2v) is 9.78. The van der Waals surface area contributed by atoms with Crippen LogP contribution in [0.5, 0.6) is 0 Å². The zero-order valence-electron chi connectivity index (χ0n) is 20.9. The Morgan fingerprint density at radius 3 is 2.46 bits per heavy atom. The van der Waals surface area contributed by atoms with Crippen molar-refractivity contribution < 1.29 is 18.8 Å². The molecule has 2 N–H and O–H groups in total. The summed E-state index contributed by atoms with van der Waals surface area (Å²) in [6.45, 7) is 8.66. The van der Waals surface area contributed by atoms with Gasteiger partial charge in [-0.25, -0.2) is 4.98 Å². The van der Waals surface area contributed by atoms with Crippen LogP contribution in [0.3, 0.4) is 0 Å². The molecule has 190 valence electrons. The molecular formula is C27H28N6O4. The number of carbonyl (C=O) groups is 2. The Labute approximate surface area is 214 Å². The Balaban J connectivity index is 1.38. The highest BCUT2D eigenvalue weighted by Crippen LogP contribution is 2.30. The summed E-state index contributed by atoms with van der Waals surface area (Å²) in [6, 6.07) is 14.2. The number of hydrogen-bond donors (Lipinski definition) is 2. The summed E-state index contributed by atoms with van der Waals surface area (Å²) in [7, 11) is 0. The fourth-order valence-electron chi connectivity index (χ4n) is 4.06. The smallest absolute Gasteiger partial charge is 0.298 e. The first-order valence-corrected chi connectivity index (χ1v) is 12.1. The van der Waals surface area contributed by atoms with E-state index in [4.69, 9.17) is 9.26 Å². The first kappa shape index (κ1) is 24.4. The van der Waals surface area contributed by atoms with Crippen molar-refractivity contribution in [3.05, 3.63) is 66.1 Å². The third kappa shape index (κ3) is 5.29. The lowest BCUT2D eigenvalue weighted by Gasteiger charge is -2.26. The number of hydrogen-bond acceptors (Lipinski definition) is 9. The molecule has 4 aromatic rings. The van der Waals surface area contributed by atoms with Crippen LogP contribution in [0, 0.1) is 0 Å². The number of ketones is 1. The molecule has 0 saturated carbocycles. The van der Waals surface area contributed by atoms with Gasteiger partial charge in [0.1, 0.15) is 11.6 Å². The molecule has 1 aliphatic rings. The molecule has 2 aromatic carbocycles. The van der Waals surface area contributed by atoms with E-state index in [0.29, 0.717) is 36.1 Å². The fraction of sp³-hybridized carbons (Fsp3) is 0.296. The van der Waals surface area contributed by atoms with Crippen LogP contribution in [0.4, 0.5) is 23.3 Å². The topological polar surface area (TPSA) is 122 Å². The van der Waals surface area contributed by atoms with Crippen molar-refractivity contribution in [2.24, 2.45) is 0 Å².